The molecule has 110 valence electrons. The number of hydrogen-bond donors (Lipinski definition) is 1. The molecule has 0 aromatic heterocycles. The minimum absolute atomic E-state index is 0.250. The second-order valence-electron chi connectivity index (χ2n) is 6.38. The Labute approximate surface area is 121 Å². The van der Waals surface area contributed by atoms with Crippen LogP contribution >= 0.6 is 12.2 Å². The van der Waals surface area contributed by atoms with Crippen LogP contribution < -0.4 is 5.73 Å². The van der Waals surface area contributed by atoms with Crippen molar-refractivity contribution in [3.8, 4) is 0 Å². The SMILES string of the molecule is CC(C)(C)OC(=O)N1CCN(C(C)(C)C(N)=S)CC1. The summed E-state index contributed by atoms with van der Waals surface area (Å²) in [5.41, 5.74) is 5.00. The molecule has 0 radical (unpaired) electrons. The lowest BCUT2D eigenvalue weighted by Crippen LogP contribution is -2.60. The predicted octanol–water partition coefficient (Wildman–Crippen LogP) is 1.60. The van der Waals surface area contributed by atoms with Crippen LogP contribution in [0.25, 0.3) is 0 Å². The number of ether oxygens (including phenoxy) is 1. The number of piperazine rings is 1. The average Bonchev–Trinajstić information content (AvgIpc) is 2.26. The van der Waals surface area contributed by atoms with Gasteiger partial charge in [-0.25, -0.2) is 4.79 Å². The molecule has 1 fully saturated rings. The van der Waals surface area contributed by atoms with E-state index in [2.05, 4.69) is 4.90 Å². The number of nitrogens with two attached hydrogens (primary N) is 1. The first kappa shape index (κ1) is 16.2. The molecule has 1 aliphatic rings. The third-order valence-corrected chi connectivity index (χ3v) is 3.82. The number of amides is 1. The molecule has 0 bridgehead atoms. The van der Waals surface area contributed by atoms with Crippen molar-refractivity contribution in [2.45, 2.75) is 45.8 Å². The van der Waals surface area contributed by atoms with Crippen LogP contribution in [0.2, 0.25) is 0 Å². The van der Waals surface area contributed by atoms with Crippen LogP contribution in [-0.4, -0.2) is 58.2 Å². The van der Waals surface area contributed by atoms with E-state index in [1.807, 2.05) is 34.6 Å². The van der Waals surface area contributed by atoms with Crippen molar-refractivity contribution < 1.29 is 9.53 Å². The van der Waals surface area contributed by atoms with Crippen molar-refractivity contribution in [2.24, 2.45) is 5.73 Å². The van der Waals surface area contributed by atoms with Gasteiger partial charge in [-0.1, -0.05) is 12.2 Å². The van der Waals surface area contributed by atoms with E-state index in [4.69, 9.17) is 22.7 Å². The van der Waals surface area contributed by atoms with E-state index >= 15 is 0 Å². The quantitative estimate of drug-likeness (QED) is 0.782. The summed E-state index contributed by atoms with van der Waals surface area (Å²) in [4.78, 5) is 16.4. The van der Waals surface area contributed by atoms with Crippen molar-refractivity contribution in [3.63, 3.8) is 0 Å². The van der Waals surface area contributed by atoms with E-state index < -0.39 is 5.60 Å². The summed E-state index contributed by atoms with van der Waals surface area (Å²) in [6.07, 6.45) is -0.250. The Balaban J connectivity index is 2.54. The molecule has 0 unspecified atom stereocenters. The molecule has 1 aliphatic heterocycles. The molecule has 0 atom stereocenters. The zero-order chi connectivity index (χ0) is 14.8. The van der Waals surface area contributed by atoms with Crippen LogP contribution in [0.4, 0.5) is 4.79 Å². The summed E-state index contributed by atoms with van der Waals surface area (Å²) in [6.45, 7) is 12.4. The maximum absolute atomic E-state index is 11.9. The molecule has 0 saturated carbocycles. The van der Waals surface area contributed by atoms with Gasteiger partial charge < -0.3 is 15.4 Å². The van der Waals surface area contributed by atoms with Gasteiger partial charge >= 0.3 is 6.09 Å². The van der Waals surface area contributed by atoms with Crippen LogP contribution in [0.3, 0.4) is 0 Å². The zero-order valence-electron chi connectivity index (χ0n) is 12.5. The fraction of sp³-hybridized carbons (Fsp3) is 0.846. The molecular formula is C13H25N3O2S. The van der Waals surface area contributed by atoms with Crippen molar-refractivity contribution in [3.05, 3.63) is 0 Å². The highest BCUT2D eigenvalue weighted by molar-refractivity contribution is 7.80. The Kier molecular flexibility index (Phi) is 4.79. The molecule has 2 N–H and O–H groups in total. The summed E-state index contributed by atoms with van der Waals surface area (Å²) < 4.78 is 5.36. The lowest BCUT2D eigenvalue weighted by molar-refractivity contribution is 0.00867. The van der Waals surface area contributed by atoms with Gasteiger partial charge in [-0.2, -0.15) is 0 Å². The maximum Gasteiger partial charge on any atom is 0.410 e. The van der Waals surface area contributed by atoms with Crippen molar-refractivity contribution in [2.75, 3.05) is 26.2 Å². The third-order valence-electron chi connectivity index (χ3n) is 3.32. The normalized spacial score (nSPS) is 18.3. The van der Waals surface area contributed by atoms with Crippen LogP contribution in [-0.2, 0) is 4.74 Å². The number of carbonyl (C=O) groups excluding carboxylic acids is 1. The van der Waals surface area contributed by atoms with Gasteiger partial charge in [0.2, 0.25) is 0 Å². The van der Waals surface area contributed by atoms with Gasteiger partial charge in [0.05, 0.1) is 10.5 Å². The molecule has 0 aromatic rings. The fourth-order valence-corrected chi connectivity index (χ4v) is 2.06. The molecule has 1 heterocycles. The molecule has 0 aromatic carbocycles. The lowest BCUT2D eigenvalue weighted by Gasteiger charge is -2.43. The number of rotatable bonds is 2. The Hall–Kier alpha value is -0.880. The van der Waals surface area contributed by atoms with Crippen molar-refractivity contribution >= 4 is 23.3 Å². The Morgan fingerprint density at radius 1 is 1.11 bits per heavy atom. The molecule has 0 spiro atoms. The van der Waals surface area contributed by atoms with Crippen molar-refractivity contribution in [1.29, 1.82) is 0 Å². The number of hydrogen-bond acceptors (Lipinski definition) is 4. The van der Waals surface area contributed by atoms with Crippen LogP contribution in [0.1, 0.15) is 34.6 Å². The Morgan fingerprint density at radius 2 is 1.58 bits per heavy atom. The number of carbonyl (C=O) groups is 1. The van der Waals surface area contributed by atoms with Crippen LogP contribution in [0.5, 0.6) is 0 Å². The number of nitrogens with zero attached hydrogens (tertiary/aromatic N) is 2. The average molecular weight is 287 g/mol. The molecule has 0 aliphatic carbocycles. The highest BCUT2D eigenvalue weighted by Crippen LogP contribution is 2.18. The van der Waals surface area contributed by atoms with Gasteiger partial charge in [0.15, 0.2) is 0 Å². The molecule has 5 nitrogen and oxygen atoms in total. The Bertz CT molecular complexity index is 355. The summed E-state index contributed by atoms with van der Waals surface area (Å²) in [7, 11) is 0. The molecule has 1 amide bonds. The molecule has 1 saturated heterocycles. The largest absolute Gasteiger partial charge is 0.444 e. The third kappa shape index (κ3) is 4.31. The van der Waals surface area contributed by atoms with Gasteiger partial charge in [0, 0.05) is 26.2 Å². The van der Waals surface area contributed by atoms with E-state index in [1.165, 1.54) is 0 Å². The van der Waals surface area contributed by atoms with Gasteiger partial charge in [-0.05, 0) is 34.6 Å². The monoisotopic (exact) mass is 287 g/mol. The summed E-state index contributed by atoms with van der Waals surface area (Å²) in [5, 5.41) is 0. The Morgan fingerprint density at radius 3 is 1.95 bits per heavy atom. The van der Waals surface area contributed by atoms with E-state index in [0.717, 1.165) is 13.1 Å². The van der Waals surface area contributed by atoms with E-state index in [1.54, 1.807) is 4.90 Å². The van der Waals surface area contributed by atoms with E-state index in [-0.39, 0.29) is 11.6 Å². The molecular weight excluding hydrogens is 262 g/mol. The first-order valence-corrected chi connectivity index (χ1v) is 6.98. The van der Waals surface area contributed by atoms with Gasteiger partial charge in [-0.3, -0.25) is 4.90 Å². The smallest absolute Gasteiger partial charge is 0.410 e. The highest BCUT2D eigenvalue weighted by Gasteiger charge is 2.34. The first-order chi connectivity index (χ1) is 8.54. The van der Waals surface area contributed by atoms with Gasteiger partial charge in [-0.15, -0.1) is 0 Å². The highest BCUT2D eigenvalue weighted by atomic mass is 32.1. The summed E-state index contributed by atoms with van der Waals surface area (Å²) in [6, 6.07) is 0. The van der Waals surface area contributed by atoms with Crippen molar-refractivity contribution in [1.82, 2.24) is 9.80 Å². The fourth-order valence-electron chi connectivity index (χ4n) is 1.93. The molecule has 6 heteroatoms. The minimum atomic E-state index is -0.452. The number of thiocarbonyl (C=S) groups is 1. The van der Waals surface area contributed by atoms with E-state index in [0.29, 0.717) is 18.1 Å². The molecule has 1 rings (SSSR count). The lowest BCUT2D eigenvalue weighted by atomic mass is 10.0. The second kappa shape index (κ2) is 5.63. The molecule has 19 heavy (non-hydrogen) atoms. The van der Waals surface area contributed by atoms with Gasteiger partial charge in [0.25, 0.3) is 0 Å². The van der Waals surface area contributed by atoms with Gasteiger partial charge in [0.1, 0.15) is 5.60 Å². The van der Waals surface area contributed by atoms with Crippen LogP contribution in [0, 0.1) is 0 Å². The predicted molar refractivity (Wildman–Crippen MR) is 80.2 cm³/mol. The standard InChI is InChI=1S/C13H25N3O2S/c1-12(2,3)18-11(17)15-6-8-16(9-7-15)13(4,5)10(14)19/h6-9H2,1-5H3,(H2,14,19). The van der Waals surface area contributed by atoms with Crippen LogP contribution in [0.15, 0.2) is 0 Å². The first-order valence-electron chi connectivity index (χ1n) is 6.57. The van der Waals surface area contributed by atoms with E-state index in [9.17, 15) is 4.79 Å². The summed E-state index contributed by atoms with van der Waals surface area (Å²) >= 11 is 5.10. The topological polar surface area (TPSA) is 58.8 Å². The second-order valence-corrected chi connectivity index (χ2v) is 6.82. The summed E-state index contributed by atoms with van der Waals surface area (Å²) in [5.74, 6) is 0. The minimum Gasteiger partial charge on any atom is -0.444 e. The zero-order valence-corrected chi connectivity index (χ0v) is 13.3. The maximum atomic E-state index is 11.9.